The van der Waals surface area contributed by atoms with Crippen molar-refractivity contribution in [2.75, 3.05) is 26.2 Å². The third-order valence-corrected chi connectivity index (χ3v) is 4.02. The first kappa shape index (κ1) is 12.7. The van der Waals surface area contributed by atoms with E-state index in [0.717, 1.165) is 13.1 Å². The second kappa shape index (κ2) is 6.22. The van der Waals surface area contributed by atoms with Crippen molar-refractivity contribution >= 4 is 10.9 Å². The molecule has 0 atom stereocenters. The molecule has 0 aliphatic carbocycles. The smallest absolute Gasteiger partial charge is 0.0499 e. The molecule has 3 rings (SSSR count). The molecule has 1 aromatic carbocycles. The number of likely N-dealkylation sites (tertiary alicyclic amines) is 1. The quantitative estimate of drug-likeness (QED) is 0.780. The van der Waals surface area contributed by atoms with Gasteiger partial charge < -0.3 is 15.2 Å². The highest BCUT2D eigenvalue weighted by Crippen LogP contribution is 2.16. The van der Waals surface area contributed by atoms with Gasteiger partial charge in [-0.1, -0.05) is 18.2 Å². The Kier molecular flexibility index (Phi) is 4.16. The van der Waals surface area contributed by atoms with E-state index in [0.29, 0.717) is 0 Å². The number of fused-ring (bicyclic) bond motifs is 1. The molecule has 102 valence electrons. The lowest BCUT2D eigenvalue weighted by atomic mass is 10.1. The standard InChI is InChI=1S/C16H23N3/c1-2-11-19(10-1)12-4-8-17-13-15-6-3-5-14-7-9-18-16(14)15/h3,5-7,9,17-18H,1-2,4,8,10-13H2. The van der Waals surface area contributed by atoms with Crippen LogP contribution in [0.2, 0.25) is 0 Å². The van der Waals surface area contributed by atoms with Crippen molar-refractivity contribution in [2.24, 2.45) is 0 Å². The van der Waals surface area contributed by atoms with Gasteiger partial charge in [-0.25, -0.2) is 0 Å². The van der Waals surface area contributed by atoms with Crippen LogP contribution in [0, 0.1) is 0 Å². The molecule has 1 fully saturated rings. The first-order chi connectivity index (χ1) is 9.43. The zero-order valence-corrected chi connectivity index (χ0v) is 11.5. The van der Waals surface area contributed by atoms with Gasteiger partial charge >= 0.3 is 0 Å². The SMILES string of the molecule is c1cc(CNCCCN2CCCC2)c2[nH]ccc2c1. The zero-order chi connectivity index (χ0) is 12.9. The third-order valence-electron chi connectivity index (χ3n) is 4.02. The Bertz CT molecular complexity index is 511. The maximum absolute atomic E-state index is 3.56. The van der Waals surface area contributed by atoms with Crippen LogP contribution in [0.25, 0.3) is 10.9 Å². The number of H-pyrrole nitrogens is 1. The van der Waals surface area contributed by atoms with Crippen molar-refractivity contribution < 1.29 is 0 Å². The van der Waals surface area contributed by atoms with E-state index in [1.54, 1.807) is 0 Å². The zero-order valence-electron chi connectivity index (χ0n) is 11.5. The average Bonchev–Trinajstić information content (AvgIpc) is 3.09. The van der Waals surface area contributed by atoms with E-state index in [4.69, 9.17) is 0 Å². The van der Waals surface area contributed by atoms with Gasteiger partial charge in [0.2, 0.25) is 0 Å². The van der Waals surface area contributed by atoms with Gasteiger partial charge in [-0.2, -0.15) is 0 Å². The first-order valence-electron chi connectivity index (χ1n) is 7.41. The third kappa shape index (κ3) is 3.17. The second-order valence-electron chi connectivity index (χ2n) is 5.44. The topological polar surface area (TPSA) is 31.1 Å². The molecule has 0 unspecified atom stereocenters. The van der Waals surface area contributed by atoms with Crippen LogP contribution in [-0.2, 0) is 6.54 Å². The number of aromatic amines is 1. The fourth-order valence-corrected chi connectivity index (χ4v) is 2.95. The number of aromatic nitrogens is 1. The molecule has 2 N–H and O–H groups in total. The molecule has 3 nitrogen and oxygen atoms in total. The maximum Gasteiger partial charge on any atom is 0.0499 e. The summed E-state index contributed by atoms with van der Waals surface area (Å²) >= 11 is 0. The van der Waals surface area contributed by atoms with Crippen LogP contribution >= 0.6 is 0 Å². The number of nitrogens with zero attached hydrogens (tertiary/aromatic N) is 1. The van der Waals surface area contributed by atoms with Crippen LogP contribution < -0.4 is 5.32 Å². The van der Waals surface area contributed by atoms with Gasteiger partial charge in [0, 0.05) is 18.3 Å². The molecule has 0 spiro atoms. The van der Waals surface area contributed by atoms with Crippen molar-refractivity contribution in [3.8, 4) is 0 Å². The van der Waals surface area contributed by atoms with Gasteiger partial charge in [-0.3, -0.25) is 0 Å². The normalized spacial score (nSPS) is 16.4. The Balaban J connectivity index is 1.43. The lowest BCUT2D eigenvalue weighted by molar-refractivity contribution is 0.331. The van der Waals surface area contributed by atoms with Crippen LogP contribution in [0.3, 0.4) is 0 Å². The summed E-state index contributed by atoms with van der Waals surface area (Å²) in [5.41, 5.74) is 2.64. The molecule has 0 amide bonds. The first-order valence-corrected chi connectivity index (χ1v) is 7.41. The minimum absolute atomic E-state index is 0.956. The Morgan fingerprint density at radius 3 is 2.95 bits per heavy atom. The fraction of sp³-hybridized carbons (Fsp3) is 0.500. The highest BCUT2D eigenvalue weighted by Gasteiger charge is 2.10. The summed E-state index contributed by atoms with van der Waals surface area (Å²) in [5, 5.41) is 4.86. The molecule has 2 aromatic rings. The van der Waals surface area contributed by atoms with Gasteiger partial charge in [-0.15, -0.1) is 0 Å². The Morgan fingerprint density at radius 2 is 2.05 bits per heavy atom. The van der Waals surface area contributed by atoms with Crippen LogP contribution in [-0.4, -0.2) is 36.1 Å². The van der Waals surface area contributed by atoms with Gasteiger partial charge in [0.1, 0.15) is 0 Å². The number of nitrogens with one attached hydrogen (secondary N) is 2. The summed E-state index contributed by atoms with van der Waals surface area (Å²) in [6.45, 7) is 5.93. The summed E-state index contributed by atoms with van der Waals surface area (Å²) in [6.07, 6.45) is 6.05. The van der Waals surface area contributed by atoms with E-state index in [-0.39, 0.29) is 0 Å². The number of hydrogen-bond donors (Lipinski definition) is 2. The highest BCUT2D eigenvalue weighted by atomic mass is 15.1. The molecular weight excluding hydrogens is 234 g/mol. The Labute approximate surface area is 115 Å². The molecule has 19 heavy (non-hydrogen) atoms. The predicted octanol–water partition coefficient (Wildman–Crippen LogP) is 2.74. The molecule has 2 heterocycles. The largest absolute Gasteiger partial charge is 0.361 e. The highest BCUT2D eigenvalue weighted by molar-refractivity contribution is 5.82. The predicted molar refractivity (Wildman–Crippen MR) is 80.3 cm³/mol. The minimum Gasteiger partial charge on any atom is -0.361 e. The average molecular weight is 257 g/mol. The van der Waals surface area contributed by atoms with Crippen LogP contribution in [0.5, 0.6) is 0 Å². The molecule has 1 saturated heterocycles. The number of benzene rings is 1. The van der Waals surface area contributed by atoms with Crippen molar-refractivity contribution in [2.45, 2.75) is 25.8 Å². The molecule has 0 radical (unpaired) electrons. The van der Waals surface area contributed by atoms with Crippen molar-refractivity contribution in [3.05, 3.63) is 36.0 Å². The van der Waals surface area contributed by atoms with E-state index in [1.165, 1.54) is 55.4 Å². The van der Waals surface area contributed by atoms with E-state index in [9.17, 15) is 0 Å². The van der Waals surface area contributed by atoms with Gasteiger partial charge in [-0.05, 0) is 62.5 Å². The molecule has 0 bridgehead atoms. The molecule has 1 aliphatic rings. The van der Waals surface area contributed by atoms with E-state index >= 15 is 0 Å². The van der Waals surface area contributed by atoms with Crippen LogP contribution in [0.1, 0.15) is 24.8 Å². The van der Waals surface area contributed by atoms with Crippen molar-refractivity contribution in [1.82, 2.24) is 15.2 Å². The van der Waals surface area contributed by atoms with Gasteiger partial charge in [0.25, 0.3) is 0 Å². The maximum atomic E-state index is 3.56. The van der Waals surface area contributed by atoms with Gasteiger partial charge in [0.05, 0.1) is 0 Å². The minimum atomic E-state index is 0.956. The second-order valence-corrected chi connectivity index (χ2v) is 5.44. The summed E-state index contributed by atoms with van der Waals surface area (Å²) in [5.74, 6) is 0. The number of hydrogen-bond acceptors (Lipinski definition) is 2. The summed E-state index contributed by atoms with van der Waals surface area (Å²) < 4.78 is 0. The number of rotatable bonds is 6. The lowest BCUT2D eigenvalue weighted by Crippen LogP contribution is -2.24. The summed E-state index contributed by atoms with van der Waals surface area (Å²) in [6, 6.07) is 8.62. The Morgan fingerprint density at radius 1 is 1.16 bits per heavy atom. The van der Waals surface area contributed by atoms with E-state index < -0.39 is 0 Å². The van der Waals surface area contributed by atoms with E-state index in [1.807, 2.05) is 6.20 Å². The van der Waals surface area contributed by atoms with Crippen LogP contribution in [0.4, 0.5) is 0 Å². The van der Waals surface area contributed by atoms with Crippen molar-refractivity contribution in [3.63, 3.8) is 0 Å². The fourth-order valence-electron chi connectivity index (χ4n) is 2.95. The van der Waals surface area contributed by atoms with E-state index in [2.05, 4.69) is 39.5 Å². The molecule has 3 heteroatoms. The van der Waals surface area contributed by atoms with Gasteiger partial charge in [0.15, 0.2) is 0 Å². The molecule has 1 aromatic heterocycles. The molecular formula is C16H23N3. The summed E-state index contributed by atoms with van der Waals surface area (Å²) in [4.78, 5) is 5.90. The number of para-hydroxylation sites is 1. The Hall–Kier alpha value is -1.32. The summed E-state index contributed by atoms with van der Waals surface area (Å²) in [7, 11) is 0. The molecule has 0 saturated carbocycles. The van der Waals surface area contributed by atoms with Crippen molar-refractivity contribution in [1.29, 1.82) is 0 Å². The molecule has 1 aliphatic heterocycles. The van der Waals surface area contributed by atoms with Crippen LogP contribution in [0.15, 0.2) is 30.5 Å². The monoisotopic (exact) mass is 257 g/mol. The lowest BCUT2D eigenvalue weighted by Gasteiger charge is -2.14.